The maximum Gasteiger partial charge on any atom is 0.225 e. The Morgan fingerprint density at radius 1 is 1.16 bits per heavy atom. The first-order chi connectivity index (χ1) is 12.1. The molecular weight excluding hydrogens is 312 g/mol. The number of benzene rings is 2. The number of amides is 1. The number of carbonyl (C=O) groups is 1. The van der Waals surface area contributed by atoms with Gasteiger partial charge in [-0.2, -0.15) is 0 Å². The zero-order chi connectivity index (χ0) is 17.7. The van der Waals surface area contributed by atoms with Gasteiger partial charge < -0.3 is 15.7 Å². The standard InChI is InChI=1S/C21H26N2O2/c1-16(14-20(24)23-18-10-3-2-4-11-18)22-15-21(25)13-7-9-17-8-5-6-12-19(17)21/h2-6,8,10-12,16,22,25H,7,9,13-15H2,1H3,(H,23,24). The van der Waals surface area contributed by atoms with Crippen LogP contribution in [0.2, 0.25) is 0 Å². The lowest BCUT2D eigenvalue weighted by Crippen LogP contribution is -2.44. The van der Waals surface area contributed by atoms with Crippen LogP contribution in [-0.4, -0.2) is 23.6 Å². The van der Waals surface area contributed by atoms with Gasteiger partial charge in [0.15, 0.2) is 0 Å². The average molecular weight is 338 g/mol. The Kier molecular flexibility index (Phi) is 5.51. The molecule has 3 N–H and O–H groups in total. The van der Waals surface area contributed by atoms with Gasteiger partial charge in [-0.3, -0.25) is 4.79 Å². The van der Waals surface area contributed by atoms with Gasteiger partial charge >= 0.3 is 0 Å². The van der Waals surface area contributed by atoms with Crippen molar-refractivity contribution in [3.8, 4) is 0 Å². The van der Waals surface area contributed by atoms with Crippen LogP contribution in [0.15, 0.2) is 54.6 Å². The van der Waals surface area contributed by atoms with E-state index >= 15 is 0 Å². The van der Waals surface area contributed by atoms with E-state index in [4.69, 9.17) is 0 Å². The Hall–Kier alpha value is -2.17. The normalized spacial score (nSPS) is 20.6. The second-order valence-corrected chi connectivity index (χ2v) is 6.94. The summed E-state index contributed by atoms with van der Waals surface area (Å²) in [6, 6.07) is 17.6. The van der Waals surface area contributed by atoms with Gasteiger partial charge in [0.2, 0.25) is 5.91 Å². The number of aryl methyl sites for hydroxylation is 1. The Bertz CT molecular complexity index is 717. The van der Waals surface area contributed by atoms with E-state index in [2.05, 4.69) is 16.7 Å². The smallest absolute Gasteiger partial charge is 0.225 e. The van der Waals surface area contributed by atoms with E-state index in [1.807, 2.05) is 55.5 Å². The molecule has 0 fully saturated rings. The van der Waals surface area contributed by atoms with E-state index in [0.717, 1.165) is 30.5 Å². The minimum absolute atomic E-state index is 0.0122. The van der Waals surface area contributed by atoms with Crippen molar-refractivity contribution in [3.63, 3.8) is 0 Å². The van der Waals surface area contributed by atoms with E-state index in [0.29, 0.717) is 13.0 Å². The van der Waals surface area contributed by atoms with E-state index in [-0.39, 0.29) is 11.9 Å². The summed E-state index contributed by atoms with van der Waals surface area (Å²) in [6.07, 6.45) is 3.12. The number of fused-ring (bicyclic) bond motifs is 1. The van der Waals surface area contributed by atoms with Crippen LogP contribution in [0.3, 0.4) is 0 Å². The molecule has 1 aliphatic rings. The summed E-state index contributed by atoms with van der Waals surface area (Å²) < 4.78 is 0. The second kappa shape index (κ2) is 7.81. The summed E-state index contributed by atoms with van der Waals surface area (Å²) in [5, 5.41) is 17.3. The lowest BCUT2D eigenvalue weighted by molar-refractivity contribution is -0.116. The summed E-state index contributed by atoms with van der Waals surface area (Å²) >= 11 is 0. The van der Waals surface area contributed by atoms with Crippen LogP contribution >= 0.6 is 0 Å². The topological polar surface area (TPSA) is 61.4 Å². The maximum atomic E-state index is 12.1. The van der Waals surface area contributed by atoms with Crippen molar-refractivity contribution in [1.29, 1.82) is 0 Å². The van der Waals surface area contributed by atoms with Crippen LogP contribution in [0, 0.1) is 0 Å². The van der Waals surface area contributed by atoms with Gasteiger partial charge in [-0.05, 0) is 49.4 Å². The predicted octanol–water partition coefficient (Wildman–Crippen LogP) is 3.22. The Balaban J connectivity index is 1.54. The van der Waals surface area contributed by atoms with Crippen molar-refractivity contribution in [1.82, 2.24) is 5.32 Å². The number of nitrogens with one attached hydrogen (secondary N) is 2. The van der Waals surface area contributed by atoms with Gasteiger partial charge in [0.1, 0.15) is 5.60 Å². The molecule has 4 nitrogen and oxygen atoms in total. The lowest BCUT2D eigenvalue weighted by atomic mass is 9.79. The Morgan fingerprint density at radius 3 is 2.68 bits per heavy atom. The minimum atomic E-state index is -0.848. The number of carbonyl (C=O) groups excluding carboxylic acids is 1. The highest BCUT2D eigenvalue weighted by atomic mass is 16.3. The van der Waals surface area contributed by atoms with Gasteiger partial charge in [0, 0.05) is 24.7 Å². The lowest BCUT2D eigenvalue weighted by Gasteiger charge is -2.35. The summed E-state index contributed by atoms with van der Waals surface area (Å²) in [5.74, 6) is -0.0257. The maximum absolute atomic E-state index is 12.1. The van der Waals surface area contributed by atoms with Crippen LogP contribution in [0.4, 0.5) is 5.69 Å². The third kappa shape index (κ3) is 4.47. The second-order valence-electron chi connectivity index (χ2n) is 6.94. The Labute approximate surface area is 149 Å². The third-order valence-corrected chi connectivity index (χ3v) is 4.85. The fourth-order valence-electron chi connectivity index (χ4n) is 3.51. The van der Waals surface area contributed by atoms with Crippen LogP contribution in [-0.2, 0) is 16.8 Å². The number of rotatable bonds is 6. The molecular formula is C21H26N2O2. The molecule has 2 aromatic carbocycles. The van der Waals surface area contributed by atoms with Gasteiger partial charge in [0.05, 0.1) is 0 Å². The van der Waals surface area contributed by atoms with Gasteiger partial charge in [-0.25, -0.2) is 0 Å². The van der Waals surface area contributed by atoms with Gasteiger partial charge in [0.25, 0.3) is 0 Å². The zero-order valence-corrected chi connectivity index (χ0v) is 14.7. The highest BCUT2D eigenvalue weighted by Crippen LogP contribution is 2.34. The van der Waals surface area contributed by atoms with Crippen molar-refractivity contribution >= 4 is 11.6 Å². The molecule has 0 heterocycles. The van der Waals surface area contributed by atoms with Crippen LogP contribution < -0.4 is 10.6 Å². The molecule has 132 valence electrons. The molecule has 2 aromatic rings. The first-order valence-electron chi connectivity index (χ1n) is 8.96. The molecule has 25 heavy (non-hydrogen) atoms. The van der Waals surface area contributed by atoms with E-state index in [1.54, 1.807) is 0 Å². The molecule has 0 radical (unpaired) electrons. The van der Waals surface area contributed by atoms with E-state index in [9.17, 15) is 9.90 Å². The summed E-state index contributed by atoms with van der Waals surface area (Å²) in [6.45, 7) is 2.44. The summed E-state index contributed by atoms with van der Waals surface area (Å²) in [7, 11) is 0. The molecule has 3 rings (SSSR count). The van der Waals surface area contributed by atoms with Crippen LogP contribution in [0.5, 0.6) is 0 Å². The summed E-state index contributed by atoms with van der Waals surface area (Å²) in [4.78, 5) is 12.1. The molecule has 0 aliphatic heterocycles. The molecule has 0 bridgehead atoms. The molecule has 2 atom stereocenters. The van der Waals surface area contributed by atoms with Crippen LogP contribution in [0.25, 0.3) is 0 Å². The first-order valence-corrected chi connectivity index (χ1v) is 8.96. The summed E-state index contributed by atoms with van der Waals surface area (Å²) in [5.41, 5.74) is 2.21. The third-order valence-electron chi connectivity index (χ3n) is 4.85. The van der Waals surface area contributed by atoms with Crippen molar-refractivity contribution in [2.45, 2.75) is 44.2 Å². The minimum Gasteiger partial charge on any atom is -0.384 e. The van der Waals surface area contributed by atoms with Crippen molar-refractivity contribution < 1.29 is 9.90 Å². The molecule has 2 unspecified atom stereocenters. The molecule has 0 aromatic heterocycles. The van der Waals surface area contributed by atoms with E-state index in [1.165, 1.54) is 5.56 Å². The SMILES string of the molecule is CC(CC(=O)Nc1ccccc1)NCC1(O)CCCc2ccccc21. The van der Waals surface area contributed by atoms with E-state index < -0.39 is 5.60 Å². The predicted molar refractivity (Wildman–Crippen MR) is 100 cm³/mol. The van der Waals surface area contributed by atoms with Crippen LogP contribution in [0.1, 0.15) is 37.3 Å². The van der Waals surface area contributed by atoms with Crippen molar-refractivity contribution in [2.75, 3.05) is 11.9 Å². The van der Waals surface area contributed by atoms with Gasteiger partial charge in [-0.1, -0.05) is 42.5 Å². The molecule has 0 saturated heterocycles. The largest absolute Gasteiger partial charge is 0.384 e. The average Bonchev–Trinajstić information content (AvgIpc) is 2.61. The Morgan fingerprint density at radius 2 is 1.88 bits per heavy atom. The van der Waals surface area contributed by atoms with Crippen molar-refractivity contribution in [3.05, 3.63) is 65.7 Å². The number of hydrogen-bond donors (Lipinski definition) is 3. The fourth-order valence-corrected chi connectivity index (χ4v) is 3.51. The first kappa shape index (κ1) is 17.6. The molecule has 1 amide bonds. The molecule has 0 spiro atoms. The van der Waals surface area contributed by atoms with Gasteiger partial charge in [-0.15, -0.1) is 0 Å². The zero-order valence-electron chi connectivity index (χ0n) is 14.7. The molecule has 1 aliphatic carbocycles. The monoisotopic (exact) mass is 338 g/mol. The van der Waals surface area contributed by atoms with Crippen molar-refractivity contribution in [2.24, 2.45) is 0 Å². The number of aliphatic hydroxyl groups is 1. The molecule has 4 heteroatoms. The quantitative estimate of drug-likeness (QED) is 0.758. The highest BCUT2D eigenvalue weighted by Gasteiger charge is 2.34. The molecule has 0 saturated carbocycles. The fraction of sp³-hybridized carbons (Fsp3) is 0.381. The number of hydrogen-bond acceptors (Lipinski definition) is 3. The highest BCUT2D eigenvalue weighted by molar-refractivity contribution is 5.90. The number of para-hydroxylation sites is 1. The number of anilines is 1.